The number of benzene rings is 2. The van der Waals surface area contributed by atoms with E-state index >= 15 is 0 Å². The maximum Gasteiger partial charge on any atom is 0.264 e. The van der Waals surface area contributed by atoms with Gasteiger partial charge in [-0.3, -0.25) is 19.1 Å². The Balaban J connectivity index is 1.28. The minimum Gasteiger partial charge on any atom is -0.354 e. The van der Waals surface area contributed by atoms with E-state index in [4.69, 9.17) is 0 Å². The van der Waals surface area contributed by atoms with Crippen molar-refractivity contribution in [1.82, 2.24) is 29.6 Å². The van der Waals surface area contributed by atoms with Gasteiger partial charge in [-0.2, -0.15) is 5.10 Å². The Morgan fingerprint density at radius 2 is 1.81 bits per heavy atom. The van der Waals surface area contributed by atoms with Crippen LogP contribution >= 0.6 is 0 Å². The summed E-state index contributed by atoms with van der Waals surface area (Å²) in [6.45, 7) is 0.344. The SMILES string of the molecule is O=C(Cn1cnc2c(cnn2-c2ccccc2)c1=O)NCCc1cccc2cccnc12. The normalized spacial score (nSPS) is 11.1. The highest BCUT2D eigenvalue weighted by Gasteiger charge is 2.13. The number of carbonyl (C=O) groups excluding carboxylic acids is 1. The average Bonchev–Trinajstić information content (AvgIpc) is 3.27. The number of amides is 1. The number of rotatable bonds is 6. The van der Waals surface area contributed by atoms with Crippen molar-refractivity contribution in [2.24, 2.45) is 0 Å². The van der Waals surface area contributed by atoms with E-state index in [1.807, 2.05) is 60.7 Å². The molecule has 8 nitrogen and oxygen atoms in total. The Morgan fingerprint density at radius 1 is 0.969 bits per heavy atom. The number of hydrogen-bond acceptors (Lipinski definition) is 5. The summed E-state index contributed by atoms with van der Waals surface area (Å²) in [5.74, 6) is -0.253. The van der Waals surface area contributed by atoms with Gasteiger partial charge >= 0.3 is 0 Å². The molecule has 5 aromatic rings. The minimum absolute atomic E-state index is 0.105. The fraction of sp³-hybridized carbons (Fsp3) is 0.125. The summed E-state index contributed by atoms with van der Waals surface area (Å²) in [5, 5.41) is 8.60. The van der Waals surface area contributed by atoms with Crippen molar-refractivity contribution in [2.75, 3.05) is 6.54 Å². The van der Waals surface area contributed by atoms with Crippen LogP contribution in [0.5, 0.6) is 0 Å². The van der Waals surface area contributed by atoms with Crippen LogP contribution in [0.3, 0.4) is 0 Å². The van der Waals surface area contributed by atoms with Gasteiger partial charge < -0.3 is 5.32 Å². The zero-order chi connectivity index (χ0) is 21.9. The second-order valence-corrected chi connectivity index (χ2v) is 7.40. The molecule has 0 bridgehead atoms. The first-order valence-corrected chi connectivity index (χ1v) is 10.3. The fourth-order valence-corrected chi connectivity index (χ4v) is 3.74. The van der Waals surface area contributed by atoms with Crippen molar-refractivity contribution >= 4 is 27.8 Å². The highest BCUT2D eigenvalue weighted by Crippen LogP contribution is 2.16. The second-order valence-electron chi connectivity index (χ2n) is 7.40. The van der Waals surface area contributed by atoms with Crippen molar-refractivity contribution in [3.05, 3.63) is 95.3 Å². The number of pyridine rings is 1. The van der Waals surface area contributed by atoms with Crippen molar-refractivity contribution in [3.8, 4) is 5.69 Å². The van der Waals surface area contributed by atoms with E-state index < -0.39 is 0 Å². The first-order valence-electron chi connectivity index (χ1n) is 10.3. The van der Waals surface area contributed by atoms with Crippen LogP contribution < -0.4 is 10.9 Å². The number of aromatic nitrogens is 5. The second kappa shape index (κ2) is 8.43. The Hall–Kier alpha value is -4.33. The molecule has 0 saturated heterocycles. The van der Waals surface area contributed by atoms with Gasteiger partial charge in [0.2, 0.25) is 5.91 Å². The predicted octanol–water partition coefficient (Wildman–Crippen LogP) is 2.49. The molecule has 0 saturated carbocycles. The minimum atomic E-state index is -0.300. The highest BCUT2D eigenvalue weighted by molar-refractivity contribution is 5.82. The van der Waals surface area contributed by atoms with E-state index in [0.29, 0.717) is 24.0 Å². The number of nitrogens with one attached hydrogen (secondary N) is 1. The summed E-state index contributed by atoms with van der Waals surface area (Å²) in [5.41, 5.74) is 2.97. The molecule has 5 rings (SSSR count). The van der Waals surface area contributed by atoms with Gasteiger partial charge in [0.25, 0.3) is 5.56 Å². The lowest BCUT2D eigenvalue weighted by Crippen LogP contribution is -2.33. The van der Waals surface area contributed by atoms with Crippen molar-refractivity contribution in [1.29, 1.82) is 0 Å². The van der Waals surface area contributed by atoms with E-state index in [1.165, 1.54) is 17.1 Å². The Morgan fingerprint density at radius 3 is 2.69 bits per heavy atom. The van der Waals surface area contributed by atoms with Crippen molar-refractivity contribution in [2.45, 2.75) is 13.0 Å². The van der Waals surface area contributed by atoms with E-state index in [1.54, 1.807) is 10.9 Å². The first-order chi connectivity index (χ1) is 15.7. The van der Waals surface area contributed by atoms with Crippen LogP contribution in [-0.2, 0) is 17.8 Å². The van der Waals surface area contributed by atoms with Crippen LogP contribution in [-0.4, -0.2) is 36.8 Å². The number of hydrogen-bond donors (Lipinski definition) is 1. The van der Waals surface area contributed by atoms with Gasteiger partial charge in [0.15, 0.2) is 5.65 Å². The smallest absolute Gasteiger partial charge is 0.264 e. The van der Waals surface area contributed by atoms with Crippen LogP contribution in [0.4, 0.5) is 0 Å². The van der Waals surface area contributed by atoms with Gasteiger partial charge in [-0.25, -0.2) is 9.67 Å². The van der Waals surface area contributed by atoms with Crippen LogP contribution in [0.25, 0.3) is 27.6 Å². The van der Waals surface area contributed by atoms with Gasteiger partial charge in [-0.1, -0.05) is 42.5 Å². The van der Waals surface area contributed by atoms with E-state index in [2.05, 4.69) is 20.4 Å². The zero-order valence-corrected chi connectivity index (χ0v) is 17.2. The van der Waals surface area contributed by atoms with Crippen LogP contribution in [0.1, 0.15) is 5.56 Å². The number of nitrogens with zero attached hydrogens (tertiary/aromatic N) is 5. The molecule has 0 unspecified atom stereocenters. The number of para-hydroxylation sites is 2. The molecule has 32 heavy (non-hydrogen) atoms. The number of carbonyl (C=O) groups is 1. The Bertz CT molecular complexity index is 1470. The summed E-state index contributed by atoms with van der Waals surface area (Å²) < 4.78 is 2.91. The lowest BCUT2D eigenvalue weighted by molar-refractivity contribution is -0.121. The molecule has 3 aromatic heterocycles. The molecule has 0 aliphatic carbocycles. The van der Waals surface area contributed by atoms with Gasteiger partial charge in [0, 0.05) is 18.1 Å². The molecule has 0 aliphatic heterocycles. The largest absolute Gasteiger partial charge is 0.354 e. The molecule has 8 heteroatoms. The molecular weight excluding hydrogens is 404 g/mol. The van der Waals surface area contributed by atoms with Gasteiger partial charge in [0.1, 0.15) is 18.3 Å². The topological polar surface area (TPSA) is 94.7 Å². The van der Waals surface area contributed by atoms with E-state index in [-0.39, 0.29) is 18.0 Å². The average molecular weight is 424 g/mol. The van der Waals surface area contributed by atoms with E-state index in [9.17, 15) is 9.59 Å². The fourth-order valence-electron chi connectivity index (χ4n) is 3.74. The number of fused-ring (bicyclic) bond motifs is 2. The molecule has 2 aromatic carbocycles. The summed E-state index contributed by atoms with van der Waals surface area (Å²) >= 11 is 0. The maximum atomic E-state index is 12.8. The summed E-state index contributed by atoms with van der Waals surface area (Å²) in [7, 11) is 0. The quantitative estimate of drug-likeness (QED) is 0.452. The van der Waals surface area contributed by atoms with Crippen LogP contribution in [0, 0.1) is 0 Å². The molecule has 1 N–H and O–H groups in total. The van der Waals surface area contributed by atoms with Gasteiger partial charge in [-0.15, -0.1) is 0 Å². The van der Waals surface area contributed by atoms with Gasteiger partial charge in [0.05, 0.1) is 17.4 Å². The molecule has 0 atom stereocenters. The third kappa shape index (κ3) is 3.74. The molecule has 0 spiro atoms. The Labute approximate surface area is 183 Å². The molecule has 158 valence electrons. The van der Waals surface area contributed by atoms with Gasteiger partial charge in [-0.05, 0) is 30.2 Å². The molecule has 3 heterocycles. The standard InChI is InChI=1S/C24H20N6O2/c31-21(25-13-11-18-7-4-6-17-8-5-12-26-22(17)18)15-29-16-27-23-20(24(29)32)14-28-30(23)19-9-2-1-3-10-19/h1-10,12,14,16H,11,13,15H2,(H,25,31). The molecular formula is C24H20N6O2. The van der Waals surface area contributed by atoms with Crippen LogP contribution in [0.15, 0.2) is 84.2 Å². The predicted molar refractivity (Wildman–Crippen MR) is 122 cm³/mol. The Kier molecular flexibility index (Phi) is 5.17. The monoisotopic (exact) mass is 424 g/mol. The third-order valence-corrected chi connectivity index (χ3v) is 5.30. The lowest BCUT2D eigenvalue weighted by Gasteiger charge is -2.09. The van der Waals surface area contributed by atoms with Crippen molar-refractivity contribution < 1.29 is 4.79 Å². The molecule has 1 amide bonds. The third-order valence-electron chi connectivity index (χ3n) is 5.30. The zero-order valence-electron chi connectivity index (χ0n) is 17.2. The van der Waals surface area contributed by atoms with Crippen molar-refractivity contribution in [3.63, 3.8) is 0 Å². The highest BCUT2D eigenvalue weighted by atomic mass is 16.2. The lowest BCUT2D eigenvalue weighted by atomic mass is 10.1. The summed E-state index contributed by atoms with van der Waals surface area (Å²) in [4.78, 5) is 34.1. The molecule has 0 radical (unpaired) electrons. The summed E-state index contributed by atoms with van der Waals surface area (Å²) in [6, 6.07) is 19.4. The molecule has 0 fully saturated rings. The van der Waals surface area contributed by atoms with Crippen LogP contribution in [0.2, 0.25) is 0 Å². The summed E-state index contributed by atoms with van der Waals surface area (Å²) in [6.07, 6.45) is 5.29. The maximum absolute atomic E-state index is 12.8. The first kappa shape index (κ1) is 19.6. The van der Waals surface area contributed by atoms with E-state index in [0.717, 1.165) is 22.2 Å². The molecule has 0 aliphatic rings.